The molecule has 0 aromatic heterocycles. The van der Waals surface area contributed by atoms with Crippen LogP contribution in [0, 0.1) is 76.4 Å². The minimum atomic E-state index is -0.744. The topological polar surface area (TPSA) is 73.8 Å². The van der Waals surface area contributed by atoms with Crippen LogP contribution in [0.3, 0.4) is 0 Å². The number of fused-ring (bicyclic) bond motifs is 8. The molecule has 12 atom stereocenters. The Labute approximate surface area is 268 Å². The molecule has 0 aromatic carbocycles. The van der Waals surface area contributed by atoms with Gasteiger partial charge in [0.2, 0.25) is 0 Å². The molecule has 8 rings (SSSR count). The number of hydrogen-bond acceptors (Lipinski definition) is 8. The fraction of sp³-hybridized carbons (Fsp3) is 0.784. The van der Waals surface area contributed by atoms with Gasteiger partial charge in [0, 0.05) is 0 Å². The molecule has 0 radical (unpaired) electrons. The van der Waals surface area contributed by atoms with Crippen molar-refractivity contribution in [3.8, 4) is 0 Å². The first kappa shape index (κ1) is 30.9. The summed E-state index contributed by atoms with van der Waals surface area (Å²) < 4.78 is 0. The molecule has 0 saturated heterocycles. The average molecular weight is 625 g/mol. The molecule has 12 unspecified atom stereocenters. The second-order valence-corrected chi connectivity index (χ2v) is 15.8. The first-order chi connectivity index (χ1) is 22.2. The van der Waals surface area contributed by atoms with E-state index in [1.165, 1.54) is 51.4 Å². The van der Waals surface area contributed by atoms with E-state index in [0.29, 0.717) is 97.4 Å². The minimum Gasteiger partial charge on any atom is -0.236 e. The molecule has 8 aliphatic carbocycles. The molecule has 0 aliphatic heterocycles. The molecular formula is C37H52O8. The summed E-state index contributed by atoms with van der Waals surface area (Å²) in [5.41, 5.74) is -0.744. The molecular weight excluding hydrogens is 572 g/mol. The highest BCUT2D eigenvalue weighted by Gasteiger charge is 2.41. The van der Waals surface area contributed by atoms with Crippen LogP contribution in [-0.2, 0) is 39.1 Å². The highest BCUT2D eigenvalue weighted by atomic mass is 17.2. The van der Waals surface area contributed by atoms with Gasteiger partial charge < -0.3 is 0 Å². The van der Waals surface area contributed by atoms with Crippen molar-refractivity contribution >= 4 is 0 Å². The number of allylic oxidation sites excluding steroid dienone is 8. The van der Waals surface area contributed by atoms with E-state index in [1.807, 2.05) is 0 Å². The van der Waals surface area contributed by atoms with Crippen molar-refractivity contribution < 1.29 is 39.1 Å². The zero-order valence-corrected chi connectivity index (χ0v) is 26.6. The molecule has 45 heavy (non-hydrogen) atoms. The van der Waals surface area contributed by atoms with Gasteiger partial charge in [0.05, 0.1) is 58.3 Å². The highest BCUT2D eigenvalue weighted by Crippen LogP contribution is 2.46. The van der Waals surface area contributed by atoms with Gasteiger partial charge >= 0.3 is 0 Å². The van der Waals surface area contributed by atoms with Crippen molar-refractivity contribution in [3.05, 3.63) is 48.6 Å². The lowest BCUT2D eigenvalue weighted by atomic mass is 9.92. The molecule has 0 N–H and O–H groups in total. The van der Waals surface area contributed by atoms with Crippen LogP contribution in [0.4, 0.5) is 0 Å². The van der Waals surface area contributed by atoms with Crippen molar-refractivity contribution in [2.24, 2.45) is 76.4 Å². The summed E-state index contributed by atoms with van der Waals surface area (Å²) in [6.45, 7) is 3.19. The molecule has 4 saturated carbocycles. The summed E-state index contributed by atoms with van der Waals surface area (Å²) in [7, 11) is 0. The molecule has 8 bridgehead atoms. The van der Waals surface area contributed by atoms with E-state index in [9.17, 15) is 0 Å². The predicted molar refractivity (Wildman–Crippen MR) is 165 cm³/mol. The summed E-state index contributed by atoms with van der Waals surface area (Å²) in [5.74, 6) is 7.27. The Bertz CT molecular complexity index is 944. The number of rotatable bonds is 20. The minimum absolute atomic E-state index is 0.213. The van der Waals surface area contributed by atoms with E-state index in [2.05, 4.69) is 48.6 Å². The SMILES string of the molecule is C1=CC2CC1CC2COOCC(COOCC1CC2C=CC1C2)(COOCC1CC2C=CC1C2)COOCC1CC2C=CC1C2. The summed E-state index contributed by atoms with van der Waals surface area (Å²) in [5, 5.41) is 0. The zero-order valence-electron chi connectivity index (χ0n) is 26.6. The van der Waals surface area contributed by atoms with Crippen LogP contribution in [0.1, 0.15) is 51.4 Å². The van der Waals surface area contributed by atoms with Gasteiger partial charge in [-0.2, -0.15) is 0 Å². The summed E-state index contributed by atoms with van der Waals surface area (Å²) in [6, 6.07) is 0. The van der Waals surface area contributed by atoms with Crippen LogP contribution in [-0.4, -0.2) is 52.9 Å². The fourth-order valence-electron chi connectivity index (χ4n) is 9.80. The summed E-state index contributed by atoms with van der Waals surface area (Å²) >= 11 is 0. The van der Waals surface area contributed by atoms with E-state index < -0.39 is 5.41 Å². The van der Waals surface area contributed by atoms with Crippen molar-refractivity contribution in [2.45, 2.75) is 51.4 Å². The first-order valence-electron chi connectivity index (χ1n) is 17.9. The Morgan fingerprint density at radius 2 is 0.600 bits per heavy atom. The quantitative estimate of drug-likeness (QED) is 0.0648. The Kier molecular flexibility index (Phi) is 9.63. The molecule has 4 fully saturated rings. The van der Waals surface area contributed by atoms with E-state index in [-0.39, 0.29) is 26.4 Å². The molecule has 248 valence electrons. The van der Waals surface area contributed by atoms with Gasteiger partial charge in [-0.05, 0) is 122 Å². The Balaban J connectivity index is 0.862. The largest absolute Gasteiger partial charge is 0.236 e. The Hall–Kier alpha value is -1.36. The normalized spacial score (nSPS) is 42.3. The van der Waals surface area contributed by atoms with E-state index in [0.717, 1.165) is 0 Å². The Morgan fingerprint density at radius 3 is 0.800 bits per heavy atom. The van der Waals surface area contributed by atoms with Gasteiger partial charge in [0.15, 0.2) is 0 Å². The van der Waals surface area contributed by atoms with Crippen LogP contribution < -0.4 is 0 Å². The molecule has 0 spiro atoms. The van der Waals surface area contributed by atoms with Crippen molar-refractivity contribution in [2.75, 3.05) is 52.9 Å². The van der Waals surface area contributed by atoms with Gasteiger partial charge in [-0.1, -0.05) is 48.6 Å². The fourth-order valence-corrected chi connectivity index (χ4v) is 9.80. The monoisotopic (exact) mass is 624 g/mol. The maximum atomic E-state index is 5.92. The van der Waals surface area contributed by atoms with E-state index in [1.54, 1.807) is 0 Å². The lowest BCUT2D eigenvalue weighted by Crippen LogP contribution is -2.42. The lowest BCUT2D eigenvalue weighted by Gasteiger charge is -2.31. The van der Waals surface area contributed by atoms with Crippen LogP contribution in [0.2, 0.25) is 0 Å². The van der Waals surface area contributed by atoms with Gasteiger partial charge in [-0.25, -0.2) is 39.1 Å². The Morgan fingerprint density at radius 1 is 0.333 bits per heavy atom. The zero-order chi connectivity index (χ0) is 30.1. The van der Waals surface area contributed by atoms with E-state index in [4.69, 9.17) is 39.1 Å². The third-order valence-corrected chi connectivity index (χ3v) is 12.6. The first-order valence-corrected chi connectivity index (χ1v) is 17.9. The van der Waals surface area contributed by atoms with Gasteiger partial charge in [-0.15, -0.1) is 0 Å². The second kappa shape index (κ2) is 14.0. The lowest BCUT2D eigenvalue weighted by molar-refractivity contribution is -0.396. The second-order valence-electron chi connectivity index (χ2n) is 15.8. The van der Waals surface area contributed by atoms with Crippen LogP contribution in [0.5, 0.6) is 0 Å². The smallest absolute Gasteiger partial charge is 0.0948 e. The van der Waals surface area contributed by atoms with Gasteiger partial charge in [0.1, 0.15) is 0 Å². The van der Waals surface area contributed by atoms with Crippen LogP contribution in [0.15, 0.2) is 48.6 Å². The van der Waals surface area contributed by atoms with Crippen molar-refractivity contribution in [3.63, 3.8) is 0 Å². The van der Waals surface area contributed by atoms with Gasteiger partial charge in [-0.3, -0.25) is 0 Å². The number of hydrogen-bond donors (Lipinski definition) is 0. The molecule has 8 heteroatoms. The third kappa shape index (κ3) is 7.24. The van der Waals surface area contributed by atoms with Gasteiger partial charge in [0.25, 0.3) is 0 Å². The molecule has 0 aromatic rings. The van der Waals surface area contributed by atoms with Crippen LogP contribution >= 0.6 is 0 Å². The molecule has 8 aliphatic rings. The predicted octanol–water partition coefficient (Wildman–Crippen LogP) is 6.61. The molecule has 0 amide bonds. The molecule has 8 nitrogen and oxygen atoms in total. The van der Waals surface area contributed by atoms with E-state index >= 15 is 0 Å². The summed E-state index contributed by atoms with van der Waals surface area (Å²) in [4.78, 5) is 47.1. The maximum absolute atomic E-state index is 5.92. The average Bonchev–Trinajstić information content (AvgIpc) is 3.92. The highest BCUT2D eigenvalue weighted by molar-refractivity contribution is 5.12. The maximum Gasteiger partial charge on any atom is 0.0948 e. The van der Waals surface area contributed by atoms with Crippen molar-refractivity contribution in [1.82, 2.24) is 0 Å². The van der Waals surface area contributed by atoms with Crippen LogP contribution in [0.25, 0.3) is 0 Å². The standard InChI is InChI=1S/C37H52O8/c1-5-29-9-25(1)13-33(29)17-38-42-21-37(22-43-39-18-34-14-26-2-6-30(34)10-26,23-44-40-19-35-15-27-3-7-31(35)11-27)24-45-41-20-36-16-28-4-8-32(36)12-28/h1-8,25-36H,9-24H2. The third-order valence-electron chi connectivity index (χ3n) is 12.6. The molecule has 0 heterocycles. The van der Waals surface area contributed by atoms with Crippen molar-refractivity contribution in [1.29, 1.82) is 0 Å². The summed E-state index contributed by atoms with van der Waals surface area (Å²) in [6.07, 6.45) is 28.5.